The Morgan fingerprint density at radius 3 is 2.49 bits per heavy atom. The van der Waals surface area contributed by atoms with E-state index in [2.05, 4.69) is 20.6 Å². The van der Waals surface area contributed by atoms with Crippen LogP contribution in [0.25, 0.3) is 20.7 Å². The van der Waals surface area contributed by atoms with Gasteiger partial charge in [0.05, 0.1) is 16.1 Å². The molecule has 0 saturated carbocycles. The lowest BCUT2D eigenvalue weighted by molar-refractivity contribution is 0.103. The van der Waals surface area contributed by atoms with Crippen LogP contribution in [0.5, 0.6) is 5.75 Å². The van der Waals surface area contributed by atoms with E-state index in [0.717, 1.165) is 31.5 Å². The highest BCUT2D eigenvalue weighted by molar-refractivity contribution is 7.29. The summed E-state index contributed by atoms with van der Waals surface area (Å²) < 4.78 is 19.6. The van der Waals surface area contributed by atoms with E-state index in [1.807, 2.05) is 30.3 Å². The molecule has 176 valence electrons. The third-order valence-corrected chi connectivity index (χ3v) is 7.35. The molecule has 35 heavy (non-hydrogen) atoms. The lowest BCUT2D eigenvalue weighted by Gasteiger charge is -2.06. The Hall–Kier alpha value is -3.53. The van der Waals surface area contributed by atoms with Gasteiger partial charge >= 0.3 is 0 Å². The van der Waals surface area contributed by atoms with Crippen LogP contribution in [0.1, 0.15) is 9.67 Å². The number of carbonyl (C=O) groups excluding carboxylic acids is 1. The Labute approximate surface area is 213 Å². The molecule has 0 bridgehead atoms. The number of amides is 1. The Morgan fingerprint density at radius 1 is 1.00 bits per heavy atom. The molecule has 2 aromatic carbocycles. The van der Waals surface area contributed by atoms with E-state index in [9.17, 15) is 9.18 Å². The fourth-order valence-electron chi connectivity index (χ4n) is 3.27. The molecule has 10 heteroatoms. The molecular formula is C25H18ClFN4O2S2. The summed E-state index contributed by atoms with van der Waals surface area (Å²) in [7, 11) is 0. The number of thiazole rings is 1. The lowest BCUT2D eigenvalue weighted by atomic mass is 10.1. The number of anilines is 2. The van der Waals surface area contributed by atoms with Gasteiger partial charge in [-0.15, -0.1) is 11.3 Å². The van der Waals surface area contributed by atoms with Crippen molar-refractivity contribution in [3.8, 4) is 16.9 Å². The number of benzene rings is 2. The number of pyridine rings is 1. The summed E-state index contributed by atoms with van der Waals surface area (Å²) in [5.74, 6) is 0.0467. The van der Waals surface area contributed by atoms with Crippen LogP contribution >= 0.6 is 34.3 Å². The predicted molar refractivity (Wildman–Crippen MR) is 141 cm³/mol. The van der Waals surface area contributed by atoms with Crippen LogP contribution < -0.4 is 15.4 Å². The molecule has 5 aromatic rings. The number of hydrogen-bond acceptors (Lipinski definition) is 7. The van der Waals surface area contributed by atoms with Crippen molar-refractivity contribution in [1.29, 1.82) is 0 Å². The van der Waals surface area contributed by atoms with Crippen molar-refractivity contribution >= 4 is 60.5 Å². The largest absolute Gasteiger partial charge is 0.492 e. The van der Waals surface area contributed by atoms with Gasteiger partial charge in [-0.05, 0) is 60.2 Å². The van der Waals surface area contributed by atoms with E-state index in [1.54, 1.807) is 30.3 Å². The number of hydrogen-bond donors (Lipinski definition) is 2. The second kappa shape index (κ2) is 10.4. The number of carbonyl (C=O) groups is 1. The minimum Gasteiger partial charge on any atom is -0.492 e. The standard InChI is InChI=1S/C25H18ClFN4O2S2/c26-17-4-8-19(9-5-17)33-12-11-28-25-31-24-21(35-25)13-20(34-24)23(32)30-18-6-1-15(2-7-18)16-3-10-22(27)29-14-16/h1-10,13-14H,11-12H2,(H,28,31)(H,30,32). The maximum Gasteiger partial charge on any atom is 0.265 e. The molecule has 3 heterocycles. The van der Waals surface area contributed by atoms with Gasteiger partial charge in [0.1, 0.15) is 17.2 Å². The zero-order valence-electron chi connectivity index (χ0n) is 18.1. The summed E-state index contributed by atoms with van der Waals surface area (Å²) in [6, 6.07) is 19.4. The first-order valence-corrected chi connectivity index (χ1v) is 12.6. The third-order valence-electron chi connectivity index (χ3n) is 4.98. The van der Waals surface area contributed by atoms with E-state index in [4.69, 9.17) is 16.3 Å². The average molecular weight is 525 g/mol. The van der Waals surface area contributed by atoms with Gasteiger partial charge in [-0.2, -0.15) is 4.39 Å². The second-order valence-corrected chi connectivity index (χ2v) is 9.93. The number of fused-ring (bicyclic) bond motifs is 1. The van der Waals surface area contributed by atoms with Crippen LogP contribution in [0.4, 0.5) is 15.2 Å². The van der Waals surface area contributed by atoms with Crippen molar-refractivity contribution in [2.45, 2.75) is 0 Å². The van der Waals surface area contributed by atoms with E-state index in [1.165, 1.54) is 34.9 Å². The Balaban J connectivity index is 1.15. The highest BCUT2D eigenvalue weighted by atomic mass is 35.5. The summed E-state index contributed by atoms with van der Waals surface area (Å²) in [4.78, 5) is 22.3. The van der Waals surface area contributed by atoms with Gasteiger partial charge in [-0.1, -0.05) is 35.1 Å². The number of ether oxygens (including phenoxy) is 1. The molecule has 0 spiro atoms. The number of aromatic nitrogens is 2. The first-order valence-electron chi connectivity index (χ1n) is 10.6. The quantitative estimate of drug-likeness (QED) is 0.169. The minimum absolute atomic E-state index is 0.192. The van der Waals surface area contributed by atoms with Crippen molar-refractivity contribution < 1.29 is 13.9 Å². The van der Waals surface area contributed by atoms with Crippen molar-refractivity contribution in [1.82, 2.24) is 9.97 Å². The minimum atomic E-state index is -0.519. The first-order chi connectivity index (χ1) is 17.0. The first kappa shape index (κ1) is 23.2. The number of nitrogens with zero attached hydrogens (tertiary/aromatic N) is 2. The molecule has 2 N–H and O–H groups in total. The summed E-state index contributed by atoms with van der Waals surface area (Å²) >= 11 is 8.71. The molecule has 0 aliphatic carbocycles. The molecule has 0 fully saturated rings. The van der Waals surface area contributed by atoms with Crippen LogP contribution in [0.2, 0.25) is 5.02 Å². The van der Waals surface area contributed by atoms with Crippen molar-refractivity contribution in [3.63, 3.8) is 0 Å². The van der Waals surface area contributed by atoms with E-state index in [0.29, 0.717) is 28.7 Å². The summed E-state index contributed by atoms with van der Waals surface area (Å²) in [5, 5.41) is 7.61. The summed E-state index contributed by atoms with van der Waals surface area (Å²) in [6.07, 6.45) is 1.48. The smallest absolute Gasteiger partial charge is 0.265 e. The number of rotatable bonds is 8. The Kier molecular flexibility index (Phi) is 6.89. The second-order valence-electron chi connectivity index (χ2n) is 7.43. The molecule has 0 radical (unpaired) electrons. The zero-order chi connectivity index (χ0) is 24.2. The van der Waals surface area contributed by atoms with Crippen molar-refractivity contribution in [2.75, 3.05) is 23.8 Å². The number of thiophene rings is 1. The Bertz CT molecular complexity index is 1420. The fourth-order valence-corrected chi connectivity index (χ4v) is 5.43. The predicted octanol–water partition coefficient (Wildman–Crippen LogP) is 6.96. The molecule has 6 nitrogen and oxygen atoms in total. The molecule has 0 unspecified atom stereocenters. The van der Waals surface area contributed by atoms with Gasteiger partial charge in [0.25, 0.3) is 5.91 Å². The van der Waals surface area contributed by atoms with Crippen LogP contribution in [-0.2, 0) is 0 Å². The van der Waals surface area contributed by atoms with E-state index >= 15 is 0 Å². The summed E-state index contributed by atoms with van der Waals surface area (Å²) in [6.45, 7) is 1.08. The lowest BCUT2D eigenvalue weighted by Crippen LogP contribution is -2.11. The van der Waals surface area contributed by atoms with Crippen molar-refractivity contribution in [2.24, 2.45) is 0 Å². The molecule has 1 amide bonds. The highest BCUT2D eigenvalue weighted by Gasteiger charge is 2.14. The molecule has 0 atom stereocenters. The normalized spacial score (nSPS) is 10.9. The van der Waals surface area contributed by atoms with Crippen LogP contribution in [0, 0.1) is 5.95 Å². The monoisotopic (exact) mass is 524 g/mol. The zero-order valence-corrected chi connectivity index (χ0v) is 20.5. The molecule has 3 aromatic heterocycles. The maximum absolute atomic E-state index is 13.0. The van der Waals surface area contributed by atoms with Crippen LogP contribution in [0.15, 0.2) is 72.9 Å². The SMILES string of the molecule is O=C(Nc1ccc(-c2ccc(F)nc2)cc1)c1cc2sc(NCCOc3ccc(Cl)cc3)nc2s1. The average Bonchev–Trinajstić information content (AvgIpc) is 3.43. The third kappa shape index (κ3) is 5.76. The molecule has 5 rings (SSSR count). The molecule has 0 saturated heterocycles. The highest BCUT2D eigenvalue weighted by Crippen LogP contribution is 2.33. The van der Waals surface area contributed by atoms with Gasteiger partial charge in [-0.3, -0.25) is 4.79 Å². The van der Waals surface area contributed by atoms with Gasteiger partial charge in [0, 0.05) is 22.5 Å². The van der Waals surface area contributed by atoms with E-state index in [-0.39, 0.29) is 5.91 Å². The molecular weight excluding hydrogens is 507 g/mol. The van der Waals surface area contributed by atoms with Gasteiger partial charge in [0.15, 0.2) is 5.13 Å². The van der Waals surface area contributed by atoms with Gasteiger partial charge in [0.2, 0.25) is 5.95 Å². The van der Waals surface area contributed by atoms with Crippen LogP contribution in [-0.4, -0.2) is 29.0 Å². The number of halogens is 2. The fraction of sp³-hybridized carbons (Fsp3) is 0.0800. The van der Waals surface area contributed by atoms with Crippen LogP contribution in [0.3, 0.4) is 0 Å². The van der Waals surface area contributed by atoms with Gasteiger partial charge in [-0.25, -0.2) is 9.97 Å². The van der Waals surface area contributed by atoms with Crippen molar-refractivity contribution in [3.05, 3.63) is 88.8 Å². The number of nitrogens with one attached hydrogen (secondary N) is 2. The Morgan fingerprint density at radius 2 is 1.77 bits per heavy atom. The maximum atomic E-state index is 13.0. The van der Waals surface area contributed by atoms with E-state index < -0.39 is 5.95 Å². The topological polar surface area (TPSA) is 76.1 Å². The molecule has 0 aliphatic rings. The van der Waals surface area contributed by atoms with Gasteiger partial charge < -0.3 is 15.4 Å². The molecule has 0 aliphatic heterocycles. The summed E-state index contributed by atoms with van der Waals surface area (Å²) in [5.41, 5.74) is 2.35.